The van der Waals surface area contributed by atoms with Crippen molar-refractivity contribution in [1.82, 2.24) is 5.32 Å². The molecule has 1 N–H and O–H groups in total. The first-order valence-corrected chi connectivity index (χ1v) is 9.78. The number of nitrogens with one attached hydrogen (secondary N) is 1. The monoisotopic (exact) mass is 360 g/mol. The molecule has 0 aliphatic heterocycles. The van der Waals surface area contributed by atoms with Crippen molar-refractivity contribution >= 4 is 22.4 Å². The molecule has 140 valence electrons. The molecule has 27 heavy (non-hydrogen) atoms. The summed E-state index contributed by atoms with van der Waals surface area (Å²) in [5.74, 6) is 0.0933. The molecule has 0 unspecified atom stereocenters. The molecule has 0 aromatic heterocycles. The Morgan fingerprint density at radius 3 is 2.33 bits per heavy atom. The molecule has 0 atom stereocenters. The van der Waals surface area contributed by atoms with Crippen LogP contribution >= 0.6 is 0 Å². The molecule has 3 aromatic rings. The average molecular weight is 361 g/mol. The summed E-state index contributed by atoms with van der Waals surface area (Å²) in [4.78, 5) is 14.6. The van der Waals surface area contributed by atoms with Crippen LogP contribution in [0.3, 0.4) is 0 Å². The molecule has 3 heteroatoms. The van der Waals surface area contributed by atoms with Crippen molar-refractivity contribution < 1.29 is 4.79 Å². The zero-order valence-corrected chi connectivity index (χ0v) is 16.2. The van der Waals surface area contributed by atoms with E-state index in [9.17, 15) is 4.79 Å². The number of benzene rings is 3. The smallest absolute Gasteiger partial charge is 0.220 e. The number of carbonyl (C=O) groups excluding carboxylic acids is 1. The standard InChI is InChI=1S/C24H28N2O/c1-3-26(4-2)22-15-12-19(13-16-22)18-25-24(27)17-14-21-10-7-9-20-8-5-6-11-23(20)21/h5-13,15-16H,3-4,14,17-18H2,1-2H3,(H,25,27). The van der Waals surface area contributed by atoms with Crippen molar-refractivity contribution in [1.29, 1.82) is 0 Å². The molecule has 0 saturated heterocycles. The van der Waals surface area contributed by atoms with E-state index in [-0.39, 0.29) is 5.91 Å². The summed E-state index contributed by atoms with van der Waals surface area (Å²) < 4.78 is 0. The summed E-state index contributed by atoms with van der Waals surface area (Å²) in [5, 5.41) is 5.50. The lowest BCUT2D eigenvalue weighted by molar-refractivity contribution is -0.121. The fraction of sp³-hybridized carbons (Fsp3) is 0.292. The van der Waals surface area contributed by atoms with Gasteiger partial charge in [-0.15, -0.1) is 0 Å². The second-order valence-electron chi connectivity index (χ2n) is 6.75. The molecular formula is C24H28N2O. The molecule has 3 aromatic carbocycles. The minimum Gasteiger partial charge on any atom is -0.372 e. The van der Waals surface area contributed by atoms with E-state index >= 15 is 0 Å². The molecule has 3 rings (SSSR count). The Hall–Kier alpha value is -2.81. The Morgan fingerprint density at radius 2 is 1.59 bits per heavy atom. The van der Waals surface area contributed by atoms with Crippen molar-refractivity contribution in [3.8, 4) is 0 Å². The molecule has 1 amide bonds. The number of hydrogen-bond acceptors (Lipinski definition) is 2. The summed E-state index contributed by atoms with van der Waals surface area (Å²) in [6.07, 6.45) is 1.26. The van der Waals surface area contributed by atoms with E-state index in [4.69, 9.17) is 0 Å². The second-order valence-corrected chi connectivity index (χ2v) is 6.75. The van der Waals surface area contributed by atoms with Crippen molar-refractivity contribution in [3.63, 3.8) is 0 Å². The lowest BCUT2D eigenvalue weighted by Crippen LogP contribution is -2.23. The molecular weight excluding hydrogens is 332 g/mol. The van der Waals surface area contributed by atoms with E-state index in [2.05, 4.69) is 78.7 Å². The third kappa shape index (κ3) is 4.88. The Balaban J connectivity index is 1.52. The highest BCUT2D eigenvalue weighted by molar-refractivity contribution is 5.86. The van der Waals surface area contributed by atoms with Gasteiger partial charge in [-0.25, -0.2) is 0 Å². The highest BCUT2D eigenvalue weighted by Crippen LogP contribution is 2.20. The van der Waals surface area contributed by atoms with Crippen LogP contribution in [-0.4, -0.2) is 19.0 Å². The number of aryl methyl sites for hydroxylation is 1. The maximum Gasteiger partial charge on any atom is 0.220 e. The Morgan fingerprint density at radius 1 is 0.889 bits per heavy atom. The lowest BCUT2D eigenvalue weighted by atomic mass is 10.0. The summed E-state index contributed by atoms with van der Waals surface area (Å²) in [6, 6.07) is 23.1. The van der Waals surface area contributed by atoms with Gasteiger partial charge in [0, 0.05) is 31.7 Å². The predicted molar refractivity (Wildman–Crippen MR) is 114 cm³/mol. The van der Waals surface area contributed by atoms with Crippen LogP contribution in [0.5, 0.6) is 0 Å². The molecule has 0 radical (unpaired) electrons. The SMILES string of the molecule is CCN(CC)c1ccc(CNC(=O)CCc2cccc3ccccc23)cc1. The molecule has 0 spiro atoms. The third-order valence-electron chi connectivity index (χ3n) is 5.06. The molecule has 0 aliphatic rings. The third-order valence-corrected chi connectivity index (χ3v) is 5.06. The predicted octanol–water partition coefficient (Wildman–Crippen LogP) is 4.94. The Bertz CT molecular complexity index is 877. The van der Waals surface area contributed by atoms with Gasteiger partial charge in [-0.2, -0.15) is 0 Å². The summed E-state index contributed by atoms with van der Waals surface area (Å²) in [6.45, 7) is 6.90. The fourth-order valence-electron chi connectivity index (χ4n) is 3.46. The van der Waals surface area contributed by atoms with E-state index in [1.54, 1.807) is 0 Å². The van der Waals surface area contributed by atoms with Crippen LogP contribution in [0.2, 0.25) is 0 Å². The van der Waals surface area contributed by atoms with E-state index < -0.39 is 0 Å². The van der Waals surface area contributed by atoms with Crippen molar-refractivity contribution in [2.24, 2.45) is 0 Å². The van der Waals surface area contributed by atoms with Gasteiger partial charge in [0.25, 0.3) is 0 Å². The first-order chi connectivity index (χ1) is 13.2. The number of fused-ring (bicyclic) bond motifs is 1. The number of hydrogen-bond donors (Lipinski definition) is 1. The van der Waals surface area contributed by atoms with Crippen molar-refractivity contribution in [2.45, 2.75) is 33.2 Å². The minimum atomic E-state index is 0.0933. The van der Waals surface area contributed by atoms with Crippen LogP contribution in [-0.2, 0) is 17.8 Å². The van der Waals surface area contributed by atoms with Crippen molar-refractivity contribution in [2.75, 3.05) is 18.0 Å². The molecule has 0 bridgehead atoms. The van der Waals surface area contributed by atoms with Crippen LogP contribution < -0.4 is 10.2 Å². The van der Waals surface area contributed by atoms with Gasteiger partial charge < -0.3 is 10.2 Å². The second kappa shape index (κ2) is 9.22. The zero-order chi connectivity index (χ0) is 19.1. The van der Waals surface area contributed by atoms with Gasteiger partial charge in [0.1, 0.15) is 0 Å². The van der Waals surface area contributed by atoms with E-state index in [1.165, 1.54) is 22.0 Å². The lowest BCUT2D eigenvalue weighted by Gasteiger charge is -2.21. The van der Waals surface area contributed by atoms with Gasteiger partial charge in [0.15, 0.2) is 0 Å². The quantitative estimate of drug-likeness (QED) is 0.617. The summed E-state index contributed by atoms with van der Waals surface area (Å²) in [5.41, 5.74) is 3.59. The largest absolute Gasteiger partial charge is 0.372 e. The first kappa shape index (κ1) is 19.0. The zero-order valence-electron chi connectivity index (χ0n) is 16.2. The Labute approximate surface area is 162 Å². The number of rotatable bonds is 8. The van der Waals surface area contributed by atoms with Gasteiger partial charge in [-0.05, 0) is 54.3 Å². The number of amides is 1. The minimum absolute atomic E-state index is 0.0933. The van der Waals surface area contributed by atoms with E-state index in [1.807, 2.05) is 12.1 Å². The summed E-state index contributed by atoms with van der Waals surface area (Å²) in [7, 11) is 0. The van der Waals surface area contributed by atoms with Gasteiger partial charge in [0.05, 0.1) is 0 Å². The van der Waals surface area contributed by atoms with Gasteiger partial charge >= 0.3 is 0 Å². The molecule has 3 nitrogen and oxygen atoms in total. The molecule has 0 fully saturated rings. The van der Waals surface area contributed by atoms with Gasteiger partial charge in [-0.1, -0.05) is 54.6 Å². The number of anilines is 1. The van der Waals surface area contributed by atoms with Crippen molar-refractivity contribution in [3.05, 3.63) is 77.9 Å². The molecule has 0 aliphatic carbocycles. The molecule has 0 heterocycles. The molecule has 0 saturated carbocycles. The van der Waals surface area contributed by atoms with E-state index in [0.29, 0.717) is 13.0 Å². The van der Waals surface area contributed by atoms with Crippen LogP contribution in [0.25, 0.3) is 10.8 Å². The number of nitrogens with zero attached hydrogens (tertiary/aromatic N) is 1. The van der Waals surface area contributed by atoms with Crippen LogP contribution in [0, 0.1) is 0 Å². The fourth-order valence-corrected chi connectivity index (χ4v) is 3.46. The van der Waals surface area contributed by atoms with Gasteiger partial charge in [-0.3, -0.25) is 4.79 Å². The highest BCUT2D eigenvalue weighted by atomic mass is 16.1. The Kier molecular flexibility index (Phi) is 6.48. The maximum atomic E-state index is 12.3. The van der Waals surface area contributed by atoms with Gasteiger partial charge in [0.2, 0.25) is 5.91 Å². The van der Waals surface area contributed by atoms with Crippen LogP contribution in [0.15, 0.2) is 66.7 Å². The highest BCUT2D eigenvalue weighted by Gasteiger charge is 2.06. The van der Waals surface area contributed by atoms with Crippen LogP contribution in [0.4, 0.5) is 5.69 Å². The first-order valence-electron chi connectivity index (χ1n) is 9.78. The normalized spacial score (nSPS) is 10.7. The number of carbonyl (C=O) groups is 1. The maximum absolute atomic E-state index is 12.3. The topological polar surface area (TPSA) is 32.3 Å². The van der Waals surface area contributed by atoms with E-state index in [0.717, 1.165) is 25.1 Å². The van der Waals surface area contributed by atoms with Crippen LogP contribution in [0.1, 0.15) is 31.4 Å². The average Bonchev–Trinajstić information content (AvgIpc) is 2.72. The summed E-state index contributed by atoms with van der Waals surface area (Å²) >= 11 is 0.